The van der Waals surface area contributed by atoms with E-state index in [2.05, 4.69) is 41.0 Å². The third kappa shape index (κ3) is 4.95. The lowest BCUT2D eigenvalue weighted by molar-refractivity contribution is -0.134. The lowest BCUT2D eigenvalue weighted by atomic mass is 10.1. The van der Waals surface area contributed by atoms with Gasteiger partial charge in [0.05, 0.1) is 19.3 Å². The zero-order valence-electron chi connectivity index (χ0n) is 16.9. The minimum atomic E-state index is -0.249. The zero-order chi connectivity index (χ0) is 20.2. The fourth-order valence-electron chi connectivity index (χ4n) is 4.06. The molecule has 2 aliphatic rings. The maximum Gasteiger partial charge on any atom is 0.236 e. The molecule has 4 rings (SSSR count). The molecule has 2 aromatic rings. The third-order valence-corrected chi connectivity index (χ3v) is 5.75. The van der Waals surface area contributed by atoms with Crippen molar-refractivity contribution in [1.29, 1.82) is 0 Å². The number of anilines is 1. The molecule has 0 aromatic heterocycles. The number of halogens is 1. The average molecular weight is 397 g/mol. The summed E-state index contributed by atoms with van der Waals surface area (Å²) in [5, 5.41) is 0. The summed E-state index contributed by atoms with van der Waals surface area (Å²) in [5.74, 6) is -0.0740. The Bertz CT molecular complexity index is 834. The van der Waals surface area contributed by atoms with Crippen molar-refractivity contribution in [2.24, 2.45) is 0 Å². The molecule has 0 saturated carbocycles. The Labute approximate surface area is 171 Å². The molecule has 5 nitrogen and oxygen atoms in total. The van der Waals surface area contributed by atoms with Crippen LogP contribution in [0.3, 0.4) is 0 Å². The number of rotatable bonds is 4. The molecule has 2 aliphatic heterocycles. The summed E-state index contributed by atoms with van der Waals surface area (Å²) in [6.45, 7) is 7.70. The monoisotopic (exact) mass is 397 g/mol. The van der Waals surface area contributed by atoms with Gasteiger partial charge in [0.1, 0.15) is 5.82 Å². The Morgan fingerprint density at radius 2 is 1.83 bits per heavy atom. The highest BCUT2D eigenvalue weighted by atomic mass is 19.1. The maximum atomic E-state index is 13.2. The van der Waals surface area contributed by atoms with Crippen LogP contribution in [-0.2, 0) is 9.53 Å². The Kier molecular flexibility index (Phi) is 6.11. The van der Waals surface area contributed by atoms with Gasteiger partial charge in [-0.05, 0) is 42.3 Å². The van der Waals surface area contributed by atoms with Gasteiger partial charge in [0, 0.05) is 45.0 Å². The van der Waals surface area contributed by atoms with Crippen molar-refractivity contribution < 1.29 is 13.9 Å². The van der Waals surface area contributed by atoms with E-state index in [1.807, 2.05) is 4.90 Å². The van der Waals surface area contributed by atoms with Gasteiger partial charge in [-0.15, -0.1) is 0 Å². The van der Waals surface area contributed by atoms with E-state index in [-0.39, 0.29) is 17.8 Å². The van der Waals surface area contributed by atoms with Crippen LogP contribution in [-0.4, -0.2) is 68.1 Å². The number of nitrogens with zero attached hydrogens (tertiary/aromatic N) is 3. The van der Waals surface area contributed by atoms with E-state index in [9.17, 15) is 9.18 Å². The highest BCUT2D eigenvalue weighted by molar-refractivity contribution is 5.78. The van der Waals surface area contributed by atoms with Crippen molar-refractivity contribution in [2.75, 3.05) is 57.3 Å². The van der Waals surface area contributed by atoms with Crippen LogP contribution in [0.1, 0.15) is 17.2 Å². The van der Waals surface area contributed by atoms with Gasteiger partial charge in [-0.3, -0.25) is 9.69 Å². The summed E-state index contributed by atoms with van der Waals surface area (Å²) < 4.78 is 19.0. The Balaban J connectivity index is 1.29. The predicted octanol–water partition coefficient (Wildman–Crippen LogP) is 2.86. The van der Waals surface area contributed by atoms with Gasteiger partial charge in [-0.2, -0.15) is 0 Å². The van der Waals surface area contributed by atoms with Gasteiger partial charge in [0.25, 0.3) is 0 Å². The first kappa shape index (κ1) is 19.9. The van der Waals surface area contributed by atoms with Gasteiger partial charge in [-0.25, -0.2) is 4.39 Å². The van der Waals surface area contributed by atoms with Crippen LogP contribution in [0, 0.1) is 12.7 Å². The van der Waals surface area contributed by atoms with E-state index in [0.29, 0.717) is 19.7 Å². The fraction of sp³-hybridized carbons (Fsp3) is 0.435. The van der Waals surface area contributed by atoms with E-state index in [0.717, 1.165) is 38.3 Å². The quantitative estimate of drug-likeness (QED) is 0.795. The first-order chi connectivity index (χ1) is 14.1. The number of hydrogen-bond acceptors (Lipinski definition) is 4. The van der Waals surface area contributed by atoms with E-state index >= 15 is 0 Å². The summed E-state index contributed by atoms with van der Waals surface area (Å²) in [4.78, 5) is 19.3. The molecular weight excluding hydrogens is 369 g/mol. The highest BCUT2D eigenvalue weighted by Gasteiger charge is 2.27. The maximum absolute atomic E-state index is 13.2. The minimum Gasteiger partial charge on any atom is -0.371 e. The number of hydrogen-bond donors (Lipinski definition) is 0. The molecule has 0 bridgehead atoms. The van der Waals surface area contributed by atoms with Gasteiger partial charge in [-0.1, -0.05) is 24.3 Å². The molecule has 154 valence electrons. The number of ether oxygens (including phenoxy) is 1. The topological polar surface area (TPSA) is 36.0 Å². The summed E-state index contributed by atoms with van der Waals surface area (Å²) in [5.41, 5.74) is 3.44. The summed E-state index contributed by atoms with van der Waals surface area (Å²) in [6.07, 6.45) is -0.115. The average Bonchev–Trinajstić information content (AvgIpc) is 2.74. The summed E-state index contributed by atoms with van der Waals surface area (Å²) in [7, 11) is 0. The number of amides is 1. The number of piperazine rings is 1. The minimum absolute atomic E-state index is 0.115. The van der Waals surface area contributed by atoms with E-state index in [4.69, 9.17) is 4.74 Å². The summed E-state index contributed by atoms with van der Waals surface area (Å²) in [6, 6.07) is 14.9. The molecule has 0 N–H and O–H groups in total. The Morgan fingerprint density at radius 3 is 2.55 bits per heavy atom. The predicted molar refractivity (Wildman–Crippen MR) is 112 cm³/mol. The van der Waals surface area contributed by atoms with Crippen LogP contribution in [0.15, 0.2) is 48.5 Å². The molecule has 0 spiro atoms. The SMILES string of the molecule is Cc1cccc(N2CCN(C(=O)CN3CCOC(c4ccc(F)cc4)C3)CC2)c1. The fourth-order valence-corrected chi connectivity index (χ4v) is 4.06. The van der Waals surface area contributed by atoms with E-state index in [1.165, 1.54) is 23.4 Å². The van der Waals surface area contributed by atoms with Crippen molar-refractivity contribution in [3.05, 3.63) is 65.5 Å². The lowest BCUT2D eigenvalue weighted by Gasteiger charge is -2.38. The van der Waals surface area contributed by atoms with Crippen molar-refractivity contribution in [1.82, 2.24) is 9.80 Å². The van der Waals surface area contributed by atoms with E-state index in [1.54, 1.807) is 12.1 Å². The number of benzene rings is 2. The van der Waals surface area contributed by atoms with Crippen LogP contribution in [0.2, 0.25) is 0 Å². The zero-order valence-corrected chi connectivity index (χ0v) is 16.9. The molecule has 1 amide bonds. The smallest absolute Gasteiger partial charge is 0.236 e. The molecule has 2 aromatic carbocycles. The van der Waals surface area contributed by atoms with Crippen LogP contribution in [0.25, 0.3) is 0 Å². The molecule has 2 fully saturated rings. The number of morpholine rings is 1. The number of carbonyl (C=O) groups excluding carboxylic acids is 1. The molecular formula is C23H28FN3O2. The first-order valence-electron chi connectivity index (χ1n) is 10.3. The highest BCUT2D eigenvalue weighted by Crippen LogP contribution is 2.23. The number of aryl methyl sites for hydroxylation is 1. The van der Waals surface area contributed by atoms with Gasteiger partial charge in [0.15, 0.2) is 0 Å². The van der Waals surface area contributed by atoms with Crippen LogP contribution < -0.4 is 4.90 Å². The lowest BCUT2D eigenvalue weighted by Crippen LogP contribution is -2.52. The second kappa shape index (κ2) is 8.93. The molecule has 2 heterocycles. The standard InChI is InChI=1S/C23H28FN3O2/c1-18-3-2-4-21(15-18)26-9-11-27(12-10-26)23(28)17-25-13-14-29-22(16-25)19-5-7-20(24)8-6-19/h2-8,15,22H,9-14,16-17H2,1H3. The molecule has 0 aliphatic carbocycles. The van der Waals surface area contributed by atoms with Crippen molar-refractivity contribution in [2.45, 2.75) is 13.0 Å². The van der Waals surface area contributed by atoms with Crippen LogP contribution in [0.5, 0.6) is 0 Å². The Morgan fingerprint density at radius 1 is 1.07 bits per heavy atom. The first-order valence-corrected chi connectivity index (χ1v) is 10.3. The van der Waals surface area contributed by atoms with Crippen molar-refractivity contribution >= 4 is 11.6 Å². The Hall–Kier alpha value is -2.44. The molecule has 6 heteroatoms. The van der Waals surface area contributed by atoms with Gasteiger partial charge >= 0.3 is 0 Å². The molecule has 0 radical (unpaired) electrons. The normalized spacial score (nSPS) is 20.7. The van der Waals surface area contributed by atoms with Gasteiger partial charge < -0.3 is 14.5 Å². The molecule has 1 atom stereocenters. The largest absolute Gasteiger partial charge is 0.371 e. The second-order valence-corrected chi connectivity index (χ2v) is 7.85. The molecule has 2 saturated heterocycles. The number of carbonyl (C=O) groups is 1. The van der Waals surface area contributed by atoms with Crippen LogP contribution >= 0.6 is 0 Å². The van der Waals surface area contributed by atoms with Crippen LogP contribution in [0.4, 0.5) is 10.1 Å². The summed E-state index contributed by atoms with van der Waals surface area (Å²) >= 11 is 0. The van der Waals surface area contributed by atoms with Gasteiger partial charge in [0.2, 0.25) is 5.91 Å². The van der Waals surface area contributed by atoms with Crippen molar-refractivity contribution in [3.63, 3.8) is 0 Å². The third-order valence-electron chi connectivity index (χ3n) is 5.75. The molecule has 29 heavy (non-hydrogen) atoms. The second-order valence-electron chi connectivity index (χ2n) is 7.85. The van der Waals surface area contributed by atoms with E-state index < -0.39 is 0 Å². The van der Waals surface area contributed by atoms with Crippen molar-refractivity contribution in [3.8, 4) is 0 Å². The molecule has 1 unspecified atom stereocenters.